The molecule has 0 unspecified atom stereocenters. The molecule has 40 heavy (non-hydrogen) atoms. The highest BCUT2D eigenvalue weighted by molar-refractivity contribution is 5.94. The van der Waals surface area contributed by atoms with Gasteiger partial charge in [0.1, 0.15) is 11.2 Å². The van der Waals surface area contributed by atoms with Gasteiger partial charge in [0, 0.05) is 44.0 Å². The van der Waals surface area contributed by atoms with Crippen LogP contribution in [0.1, 0.15) is 54.6 Å². The molecule has 2 saturated heterocycles. The summed E-state index contributed by atoms with van der Waals surface area (Å²) in [6, 6.07) is 5.99. The summed E-state index contributed by atoms with van der Waals surface area (Å²) in [5, 5.41) is 20.1. The van der Waals surface area contributed by atoms with E-state index < -0.39 is 17.2 Å². The largest absolute Gasteiger partial charge is 0.478 e. The number of amides is 1. The number of rotatable bonds is 7. The molecule has 1 aromatic carbocycles. The maximum absolute atomic E-state index is 13.9. The van der Waals surface area contributed by atoms with Crippen LogP contribution in [0.4, 0.5) is 4.39 Å². The van der Waals surface area contributed by atoms with E-state index in [-0.39, 0.29) is 11.5 Å². The average molecular weight is 546 g/mol. The summed E-state index contributed by atoms with van der Waals surface area (Å²) in [7, 11) is 0. The van der Waals surface area contributed by atoms with Gasteiger partial charge in [-0.3, -0.25) is 9.78 Å². The number of aromatic carboxylic acids is 1. The lowest BCUT2D eigenvalue weighted by Gasteiger charge is -2.36. The van der Waals surface area contributed by atoms with E-state index >= 15 is 0 Å². The Morgan fingerprint density at radius 3 is 2.58 bits per heavy atom. The van der Waals surface area contributed by atoms with Gasteiger partial charge in [-0.1, -0.05) is 0 Å². The van der Waals surface area contributed by atoms with E-state index in [1.165, 1.54) is 12.1 Å². The number of aryl methyl sites for hydroxylation is 1. The third-order valence-electron chi connectivity index (χ3n) is 8.54. The van der Waals surface area contributed by atoms with Crippen molar-refractivity contribution in [2.45, 2.75) is 46.5 Å². The number of benzene rings is 1. The molecule has 4 heterocycles. The number of nitrogens with zero attached hydrogens (tertiary/aromatic N) is 5. The van der Waals surface area contributed by atoms with Crippen LogP contribution in [-0.4, -0.2) is 69.1 Å². The summed E-state index contributed by atoms with van der Waals surface area (Å²) in [4.78, 5) is 33.3. The number of fused-ring (bicyclic) bond motifs is 1. The van der Waals surface area contributed by atoms with Crippen LogP contribution >= 0.6 is 0 Å². The molecule has 2 aromatic heterocycles. The molecule has 0 saturated carbocycles. The van der Waals surface area contributed by atoms with Crippen molar-refractivity contribution in [2.75, 3.05) is 32.7 Å². The van der Waals surface area contributed by atoms with Crippen molar-refractivity contribution in [1.82, 2.24) is 19.4 Å². The standard InChI is InChI=1S/C31H36FN5O3/c1-20-14-34-15-27-28(20)23(18-37(27)26-5-4-24(32)13-25(26)29(38)39)12-22-6-9-35(17-22)16-21-7-10-36(11-8-21)30(40)31(2,3)19-33/h4-5,13-15,18,21-22H,6-12,16-17H2,1-3H3,(H,38,39)/t22-/m0/s1. The number of hydrogen-bond donors (Lipinski definition) is 1. The van der Waals surface area contributed by atoms with Gasteiger partial charge in [0.15, 0.2) is 0 Å². The predicted molar refractivity (Wildman–Crippen MR) is 150 cm³/mol. The minimum absolute atomic E-state index is 0.0737. The highest BCUT2D eigenvalue weighted by Gasteiger charge is 2.35. The molecule has 0 radical (unpaired) electrons. The molecule has 1 atom stereocenters. The first-order valence-electron chi connectivity index (χ1n) is 14.0. The second kappa shape index (κ2) is 11.0. The van der Waals surface area contributed by atoms with E-state index in [4.69, 9.17) is 0 Å². The van der Waals surface area contributed by atoms with Gasteiger partial charge in [0.2, 0.25) is 5.91 Å². The quantitative estimate of drug-likeness (QED) is 0.457. The number of carboxylic acid groups (broad SMARTS) is 1. The first kappa shape index (κ1) is 27.8. The third kappa shape index (κ3) is 5.46. The lowest BCUT2D eigenvalue weighted by atomic mass is 9.90. The molecule has 0 bridgehead atoms. The maximum Gasteiger partial charge on any atom is 0.337 e. The van der Waals surface area contributed by atoms with Crippen molar-refractivity contribution < 1.29 is 19.1 Å². The number of halogens is 1. The SMILES string of the molecule is Cc1cncc2c1c(C[C@@H]1CCN(CC3CCN(C(=O)C(C)(C)C#N)CC3)C1)cn2-c1ccc(F)cc1C(=O)O. The Morgan fingerprint density at radius 2 is 1.88 bits per heavy atom. The molecule has 5 rings (SSSR count). The van der Waals surface area contributed by atoms with E-state index in [1.54, 1.807) is 20.0 Å². The number of carboxylic acids is 1. The van der Waals surface area contributed by atoms with E-state index in [0.29, 0.717) is 30.6 Å². The smallest absolute Gasteiger partial charge is 0.337 e. The Morgan fingerprint density at radius 1 is 1.15 bits per heavy atom. The fourth-order valence-corrected chi connectivity index (χ4v) is 6.37. The highest BCUT2D eigenvalue weighted by atomic mass is 19.1. The molecule has 1 N–H and O–H groups in total. The molecule has 0 spiro atoms. The Bertz CT molecular complexity index is 1480. The number of pyridine rings is 1. The first-order chi connectivity index (χ1) is 19.1. The number of nitriles is 1. The maximum atomic E-state index is 13.9. The molecule has 9 heteroatoms. The Labute approximate surface area is 234 Å². The van der Waals surface area contributed by atoms with Crippen LogP contribution in [0, 0.1) is 41.3 Å². The van der Waals surface area contributed by atoms with Crippen molar-refractivity contribution in [3.05, 3.63) is 59.3 Å². The van der Waals surface area contributed by atoms with Crippen LogP contribution in [0.25, 0.3) is 16.6 Å². The van der Waals surface area contributed by atoms with E-state index in [9.17, 15) is 24.3 Å². The van der Waals surface area contributed by atoms with Crippen LogP contribution in [0.5, 0.6) is 0 Å². The molecular weight excluding hydrogens is 509 g/mol. The minimum atomic E-state index is -1.17. The zero-order valence-electron chi connectivity index (χ0n) is 23.4. The van der Waals surface area contributed by atoms with Gasteiger partial charge < -0.3 is 19.5 Å². The fraction of sp³-hybridized carbons (Fsp3) is 0.484. The molecule has 210 valence electrons. The van der Waals surface area contributed by atoms with Gasteiger partial charge in [0.05, 0.1) is 29.0 Å². The Kier molecular flexibility index (Phi) is 7.65. The number of hydrogen-bond acceptors (Lipinski definition) is 5. The summed E-state index contributed by atoms with van der Waals surface area (Å²) in [5.41, 5.74) is 2.36. The average Bonchev–Trinajstić information content (AvgIpc) is 3.53. The number of piperidine rings is 1. The molecule has 2 fully saturated rings. The first-order valence-corrected chi connectivity index (χ1v) is 14.0. The van der Waals surface area contributed by atoms with Crippen molar-refractivity contribution in [1.29, 1.82) is 5.26 Å². The zero-order valence-corrected chi connectivity index (χ0v) is 23.4. The molecular formula is C31H36FN5O3. The Hall–Kier alpha value is -3.77. The lowest BCUT2D eigenvalue weighted by molar-refractivity contribution is -0.139. The summed E-state index contributed by atoms with van der Waals surface area (Å²) in [6.45, 7) is 9.85. The van der Waals surface area contributed by atoms with Gasteiger partial charge in [-0.25, -0.2) is 9.18 Å². The van der Waals surface area contributed by atoms with Gasteiger partial charge in [-0.2, -0.15) is 5.26 Å². The molecule has 0 aliphatic carbocycles. The summed E-state index contributed by atoms with van der Waals surface area (Å²) >= 11 is 0. The lowest BCUT2D eigenvalue weighted by Crippen LogP contribution is -2.46. The van der Waals surface area contributed by atoms with Gasteiger partial charge in [-0.05, 0) is 94.2 Å². The van der Waals surface area contributed by atoms with Crippen LogP contribution in [0.15, 0.2) is 36.8 Å². The second-order valence-electron chi connectivity index (χ2n) is 11.9. The van der Waals surface area contributed by atoms with Crippen molar-refractivity contribution >= 4 is 22.8 Å². The van der Waals surface area contributed by atoms with Gasteiger partial charge >= 0.3 is 5.97 Å². The minimum Gasteiger partial charge on any atom is -0.478 e. The monoisotopic (exact) mass is 545 g/mol. The van der Waals surface area contributed by atoms with E-state index in [1.807, 2.05) is 28.8 Å². The van der Waals surface area contributed by atoms with Crippen molar-refractivity contribution in [3.8, 4) is 11.8 Å². The van der Waals surface area contributed by atoms with Crippen molar-refractivity contribution in [2.24, 2.45) is 17.3 Å². The Balaban J connectivity index is 1.27. The highest BCUT2D eigenvalue weighted by Crippen LogP contribution is 2.33. The number of likely N-dealkylation sites (tertiary alicyclic amines) is 2. The molecule has 2 aliphatic heterocycles. The molecule has 8 nitrogen and oxygen atoms in total. The molecule has 1 amide bonds. The van der Waals surface area contributed by atoms with Gasteiger partial charge in [0.25, 0.3) is 0 Å². The number of aromatic nitrogens is 2. The fourth-order valence-electron chi connectivity index (χ4n) is 6.37. The number of carbonyl (C=O) groups is 2. The summed E-state index contributed by atoms with van der Waals surface area (Å²) < 4.78 is 15.7. The zero-order chi connectivity index (χ0) is 28.6. The van der Waals surface area contributed by atoms with Crippen LogP contribution in [0.3, 0.4) is 0 Å². The van der Waals surface area contributed by atoms with E-state index in [0.717, 1.165) is 73.4 Å². The van der Waals surface area contributed by atoms with Crippen molar-refractivity contribution in [3.63, 3.8) is 0 Å². The second-order valence-corrected chi connectivity index (χ2v) is 11.9. The summed E-state index contributed by atoms with van der Waals surface area (Å²) in [5.74, 6) is -0.820. The topological polar surface area (TPSA) is 102 Å². The normalized spacial score (nSPS) is 18.8. The molecule has 3 aromatic rings. The summed E-state index contributed by atoms with van der Waals surface area (Å²) in [6.07, 6.45) is 9.43. The molecule has 2 aliphatic rings. The van der Waals surface area contributed by atoms with E-state index in [2.05, 4.69) is 16.0 Å². The van der Waals surface area contributed by atoms with Crippen LogP contribution < -0.4 is 0 Å². The third-order valence-corrected chi connectivity index (χ3v) is 8.54. The number of carbonyl (C=O) groups excluding carboxylic acids is 1. The van der Waals surface area contributed by atoms with Crippen LogP contribution in [0.2, 0.25) is 0 Å². The van der Waals surface area contributed by atoms with Gasteiger partial charge in [-0.15, -0.1) is 0 Å². The van der Waals surface area contributed by atoms with Crippen LogP contribution in [-0.2, 0) is 11.2 Å². The predicted octanol–water partition coefficient (Wildman–Crippen LogP) is 4.82.